The van der Waals surface area contributed by atoms with Gasteiger partial charge in [-0.15, -0.1) is 0 Å². The van der Waals surface area contributed by atoms with Gasteiger partial charge in [0, 0.05) is 0 Å². The van der Waals surface area contributed by atoms with Crippen molar-refractivity contribution in [2.24, 2.45) is 5.41 Å². The second-order valence-corrected chi connectivity index (χ2v) is 6.49. The van der Waals surface area contributed by atoms with E-state index in [1.807, 2.05) is 0 Å². The van der Waals surface area contributed by atoms with Gasteiger partial charge in [0.05, 0.1) is 5.41 Å². The van der Waals surface area contributed by atoms with E-state index in [1.54, 1.807) is 0 Å². The van der Waals surface area contributed by atoms with Crippen molar-refractivity contribution in [1.29, 1.82) is 0 Å². The Kier molecular flexibility index (Phi) is 5.76. The third-order valence-electron chi connectivity index (χ3n) is 4.75. The van der Waals surface area contributed by atoms with E-state index in [-0.39, 0.29) is 5.41 Å². The van der Waals surface area contributed by atoms with E-state index in [2.05, 4.69) is 63.3 Å². The van der Waals surface area contributed by atoms with Crippen molar-refractivity contribution >= 4 is 5.78 Å². The lowest BCUT2D eigenvalue weighted by Crippen LogP contribution is -2.21. The Morgan fingerprint density at radius 1 is 1.14 bits per heavy atom. The summed E-state index contributed by atoms with van der Waals surface area (Å²) in [5.41, 5.74) is 3.55. The number of hydrogen-bond donors (Lipinski definition) is 0. The number of hydrogen-bond acceptors (Lipinski definition) is 1. The number of benzene rings is 1. The molecule has 0 bridgehead atoms. The van der Waals surface area contributed by atoms with Gasteiger partial charge in [-0.25, -0.2) is 0 Å². The molecule has 0 saturated heterocycles. The van der Waals surface area contributed by atoms with Crippen LogP contribution in [-0.2, 0) is 11.2 Å². The van der Waals surface area contributed by atoms with Crippen LogP contribution in [-0.4, -0.2) is 5.78 Å². The number of allylic oxidation sites excluding steroid dienone is 4. The smallest absolute Gasteiger partial charge is 0.168 e. The van der Waals surface area contributed by atoms with E-state index in [1.165, 1.54) is 11.1 Å². The third kappa shape index (κ3) is 3.76. The quantitative estimate of drug-likeness (QED) is 0.468. The first-order valence-corrected chi connectivity index (χ1v) is 8.58. The standard InChI is InChI=1S/C21H28O/c1-4-18-16-21(3,20(22)19(18)5-2)15-11-7-10-14-17-12-8-6-9-13-17/h6,8-9,11-13,15H,4-5,7,10,14,16H2,1-3H3/b15-11+/t21-/m1/s1. The Morgan fingerprint density at radius 2 is 1.86 bits per heavy atom. The molecule has 0 aliphatic heterocycles. The molecule has 0 N–H and O–H groups in total. The number of Topliss-reactive ketones (excluding diaryl/α,β-unsaturated/α-hetero) is 1. The summed E-state index contributed by atoms with van der Waals surface area (Å²) >= 11 is 0. The maximum absolute atomic E-state index is 12.6. The topological polar surface area (TPSA) is 17.1 Å². The lowest BCUT2D eigenvalue weighted by atomic mass is 9.84. The molecule has 1 heteroatoms. The first kappa shape index (κ1) is 16.7. The summed E-state index contributed by atoms with van der Waals surface area (Å²) < 4.78 is 0. The SMILES string of the molecule is CCC1=C(CC)C(=O)[C@](C)(/C=C/CCCc2ccccc2)C1. The van der Waals surface area contributed by atoms with E-state index in [0.717, 1.165) is 44.1 Å². The number of aryl methyl sites for hydroxylation is 1. The first-order chi connectivity index (χ1) is 10.6. The molecular formula is C21H28O. The van der Waals surface area contributed by atoms with E-state index in [9.17, 15) is 4.79 Å². The van der Waals surface area contributed by atoms with Gasteiger partial charge in [-0.05, 0) is 56.6 Å². The van der Waals surface area contributed by atoms with E-state index in [0.29, 0.717) is 5.78 Å². The normalized spacial score (nSPS) is 22.0. The van der Waals surface area contributed by atoms with Crippen LogP contribution in [0.1, 0.15) is 58.4 Å². The van der Waals surface area contributed by atoms with Gasteiger partial charge in [-0.2, -0.15) is 0 Å². The van der Waals surface area contributed by atoms with Gasteiger partial charge in [0.15, 0.2) is 5.78 Å². The predicted octanol–water partition coefficient (Wildman–Crippen LogP) is 5.66. The predicted molar refractivity (Wildman–Crippen MR) is 93.9 cm³/mol. The summed E-state index contributed by atoms with van der Waals surface area (Å²) in [6.07, 6.45) is 10.5. The first-order valence-electron chi connectivity index (χ1n) is 8.58. The molecule has 0 radical (unpaired) electrons. The molecule has 0 fully saturated rings. The number of unbranched alkanes of at least 4 members (excludes halogenated alkanes) is 1. The number of carbonyl (C=O) groups excluding carboxylic acids is 1. The fourth-order valence-corrected chi connectivity index (χ4v) is 3.43. The molecule has 118 valence electrons. The molecule has 1 aromatic carbocycles. The molecule has 1 aromatic rings. The van der Waals surface area contributed by atoms with Crippen molar-refractivity contribution < 1.29 is 4.79 Å². The highest BCUT2D eigenvalue weighted by Crippen LogP contribution is 2.42. The van der Waals surface area contributed by atoms with Crippen LogP contribution in [0.3, 0.4) is 0 Å². The largest absolute Gasteiger partial charge is 0.294 e. The zero-order chi connectivity index (χ0) is 16.0. The fraction of sp³-hybridized carbons (Fsp3) is 0.476. The van der Waals surface area contributed by atoms with Crippen LogP contribution >= 0.6 is 0 Å². The monoisotopic (exact) mass is 296 g/mol. The summed E-state index contributed by atoms with van der Waals surface area (Å²) in [6, 6.07) is 10.6. The molecule has 1 aliphatic carbocycles. The van der Waals surface area contributed by atoms with Crippen LogP contribution in [0.25, 0.3) is 0 Å². The van der Waals surface area contributed by atoms with Crippen LogP contribution in [0.2, 0.25) is 0 Å². The molecule has 0 unspecified atom stereocenters. The lowest BCUT2D eigenvalue weighted by molar-refractivity contribution is -0.120. The highest BCUT2D eigenvalue weighted by Gasteiger charge is 2.39. The fourth-order valence-electron chi connectivity index (χ4n) is 3.43. The molecule has 0 saturated carbocycles. The Hall–Kier alpha value is -1.63. The van der Waals surface area contributed by atoms with E-state index < -0.39 is 0 Å². The van der Waals surface area contributed by atoms with E-state index in [4.69, 9.17) is 0 Å². The molecule has 0 aromatic heterocycles. The highest BCUT2D eigenvalue weighted by atomic mass is 16.1. The second kappa shape index (κ2) is 7.58. The van der Waals surface area contributed by atoms with Crippen molar-refractivity contribution in [2.45, 2.75) is 59.3 Å². The van der Waals surface area contributed by atoms with Crippen LogP contribution in [0.15, 0.2) is 53.6 Å². The average Bonchev–Trinajstić information content (AvgIpc) is 2.79. The molecule has 0 spiro atoms. The van der Waals surface area contributed by atoms with Crippen LogP contribution in [0.5, 0.6) is 0 Å². The highest BCUT2D eigenvalue weighted by molar-refractivity contribution is 6.04. The zero-order valence-electron chi connectivity index (χ0n) is 14.2. The summed E-state index contributed by atoms with van der Waals surface area (Å²) in [5.74, 6) is 0.353. The molecule has 22 heavy (non-hydrogen) atoms. The molecular weight excluding hydrogens is 268 g/mol. The summed E-state index contributed by atoms with van der Waals surface area (Å²) in [7, 11) is 0. The zero-order valence-corrected chi connectivity index (χ0v) is 14.2. The Morgan fingerprint density at radius 3 is 2.45 bits per heavy atom. The summed E-state index contributed by atoms with van der Waals surface area (Å²) in [5, 5.41) is 0. The molecule has 0 heterocycles. The van der Waals surface area contributed by atoms with Crippen molar-refractivity contribution in [2.75, 3.05) is 0 Å². The molecule has 1 atom stereocenters. The van der Waals surface area contributed by atoms with Crippen LogP contribution < -0.4 is 0 Å². The van der Waals surface area contributed by atoms with Crippen molar-refractivity contribution in [1.82, 2.24) is 0 Å². The van der Waals surface area contributed by atoms with E-state index >= 15 is 0 Å². The maximum atomic E-state index is 12.6. The summed E-state index contributed by atoms with van der Waals surface area (Å²) in [4.78, 5) is 12.6. The van der Waals surface area contributed by atoms with Gasteiger partial charge in [-0.1, -0.05) is 61.9 Å². The lowest BCUT2D eigenvalue weighted by Gasteiger charge is -2.18. The van der Waals surface area contributed by atoms with Gasteiger partial charge in [-0.3, -0.25) is 4.79 Å². The second-order valence-electron chi connectivity index (χ2n) is 6.49. The number of ketones is 1. The summed E-state index contributed by atoms with van der Waals surface area (Å²) in [6.45, 7) is 6.35. The van der Waals surface area contributed by atoms with Gasteiger partial charge in [0.1, 0.15) is 0 Å². The van der Waals surface area contributed by atoms with Gasteiger partial charge in [0.2, 0.25) is 0 Å². The van der Waals surface area contributed by atoms with Gasteiger partial charge >= 0.3 is 0 Å². The van der Waals surface area contributed by atoms with Crippen molar-refractivity contribution in [3.05, 3.63) is 59.2 Å². The van der Waals surface area contributed by atoms with Crippen molar-refractivity contribution in [3.63, 3.8) is 0 Å². The van der Waals surface area contributed by atoms with Crippen molar-refractivity contribution in [3.8, 4) is 0 Å². The minimum atomic E-state index is -0.288. The van der Waals surface area contributed by atoms with Crippen LogP contribution in [0, 0.1) is 5.41 Å². The maximum Gasteiger partial charge on any atom is 0.168 e. The number of rotatable bonds is 7. The molecule has 0 amide bonds. The minimum Gasteiger partial charge on any atom is -0.294 e. The molecule has 1 aliphatic rings. The Balaban J connectivity index is 1.87. The Bertz CT molecular complexity index is 565. The van der Waals surface area contributed by atoms with Crippen LogP contribution in [0.4, 0.5) is 0 Å². The molecule has 1 nitrogen and oxygen atoms in total. The number of carbonyl (C=O) groups is 1. The average molecular weight is 296 g/mol. The minimum absolute atomic E-state index is 0.288. The molecule has 2 rings (SSSR count). The van der Waals surface area contributed by atoms with Gasteiger partial charge < -0.3 is 0 Å². The van der Waals surface area contributed by atoms with Gasteiger partial charge in [0.25, 0.3) is 0 Å². The Labute approximate surface area is 135 Å². The third-order valence-corrected chi connectivity index (χ3v) is 4.75.